The van der Waals surface area contributed by atoms with E-state index < -0.39 is 5.97 Å². The second kappa shape index (κ2) is 7.85. The largest absolute Gasteiger partial charge is 0.465 e. The zero-order valence-electron chi connectivity index (χ0n) is 15.5. The van der Waals surface area contributed by atoms with Crippen molar-refractivity contribution in [2.45, 2.75) is 0 Å². The standard InChI is InChI=1S/C22H17N3O4/c1-27-22(26)15-9-11-16(12-10-15)28-20-19(23)21(25-13-24-20)29-18-8-4-6-14-5-2-3-7-17(14)18/h2-13H,23H2,1H3. The third kappa shape index (κ3) is 3.79. The summed E-state index contributed by atoms with van der Waals surface area (Å²) in [6.45, 7) is 0. The zero-order valence-corrected chi connectivity index (χ0v) is 15.5. The molecular formula is C22H17N3O4. The third-order valence-electron chi connectivity index (χ3n) is 4.26. The predicted molar refractivity (Wildman–Crippen MR) is 108 cm³/mol. The molecule has 0 radical (unpaired) electrons. The highest BCUT2D eigenvalue weighted by molar-refractivity contribution is 5.89. The molecule has 0 aliphatic rings. The van der Waals surface area contributed by atoms with Gasteiger partial charge in [0.25, 0.3) is 0 Å². The lowest BCUT2D eigenvalue weighted by atomic mass is 10.1. The molecule has 0 unspecified atom stereocenters. The first kappa shape index (κ1) is 18.2. The van der Waals surface area contributed by atoms with E-state index in [0.717, 1.165) is 10.8 Å². The highest BCUT2D eigenvalue weighted by Gasteiger charge is 2.14. The van der Waals surface area contributed by atoms with Crippen LogP contribution < -0.4 is 15.2 Å². The molecule has 1 aromatic heterocycles. The molecule has 0 amide bonds. The Kier molecular flexibility index (Phi) is 4.94. The van der Waals surface area contributed by atoms with Crippen molar-refractivity contribution in [1.82, 2.24) is 9.97 Å². The molecule has 0 aliphatic heterocycles. The molecule has 0 fully saturated rings. The number of nitrogens with two attached hydrogens (primary N) is 1. The Morgan fingerprint density at radius 1 is 0.862 bits per heavy atom. The third-order valence-corrected chi connectivity index (χ3v) is 4.26. The van der Waals surface area contributed by atoms with Gasteiger partial charge in [-0.05, 0) is 35.7 Å². The highest BCUT2D eigenvalue weighted by atomic mass is 16.5. The Labute approximate surface area is 166 Å². The van der Waals surface area contributed by atoms with Crippen molar-refractivity contribution < 1.29 is 19.0 Å². The lowest BCUT2D eigenvalue weighted by Crippen LogP contribution is -2.02. The highest BCUT2D eigenvalue weighted by Crippen LogP contribution is 2.35. The van der Waals surface area contributed by atoms with E-state index in [-0.39, 0.29) is 17.4 Å². The normalized spacial score (nSPS) is 10.5. The first-order valence-electron chi connectivity index (χ1n) is 8.78. The minimum atomic E-state index is -0.427. The average Bonchev–Trinajstić information content (AvgIpc) is 2.77. The molecular weight excluding hydrogens is 370 g/mol. The second-order valence-corrected chi connectivity index (χ2v) is 6.10. The van der Waals surface area contributed by atoms with Crippen molar-refractivity contribution in [3.63, 3.8) is 0 Å². The Morgan fingerprint density at radius 3 is 2.31 bits per heavy atom. The fourth-order valence-electron chi connectivity index (χ4n) is 2.80. The van der Waals surface area contributed by atoms with Gasteiger partial charge in [-0.1, -0.05) is 36.4 Å². The van der Waals surface area contributed by atoms with Crippen molar-refractivity contribution in [3.8, 4) is 23.3 Å². The molecule has 4 rings (SSSR count). The van der Waals surface area contributed by atoms with Crippen molar-refractivity contribution in [1.29, 1.82) is 0 Å². The number of aromatic nitrogens is 2. The monoisotopic (exact) mass is 387 g/mol. The van der Waals surface area contributed by atoms with Crippen molar-refractivity contribution >= 4 is 22.4 Å². The summed E-state index contributed by atoms with van der Waals surface area (Å²) in [7, 11) is 1.33. The summed E-state index contributed by atoms with van der Waals surface area (Å²) in [5.41, 5.74) is 6.75. The summed E-state index contributed by atoms with van der Waals surface area (Å²) in [6, 6.07) is 20.0. The molecule has 3 aromatic carbocycles. The maximum atomic E-state index is 11.5. The molecule has 144 valence electrons. The molecule has 0 saturated carbocycles. The van der Waals surface area contributed by atoms with E-state index in [2.05, 4.69) is 14.7 Å². The first-order chi connectivity index (χ1) is 14.2. The quantitative estimate of drug-likeness (QED) is 0.501. The Hall–Kier alpha value is -4.13. The number of ether oxygens (including phenoxy) is 3. The van der Waals surface area contributed by atoms with Crippen molar-refractivity contribution in [2.75, 3.05) is 12.8 Å². The van der Waals surface area contributed by atoms with E-state index in [1.165, 1.54) is 13.4 Å². The van der Waals surface area contributed by atoms with Gasteiger partial charge in [-0.25, -0.2) is 4.79 Å². The lowest BCUT2D eigenvalue weighted by Gasteiger charge is -2.12. The van der Waals surface area contributed by atoms with Crippen molar-refractivity contribution in [2.24, 2.45) is 0 Å². The van der Waals surface area contributed by atoms with Crippen LogP contribution in [0.25, 0.3) is 10.8 Å². The summed E-state index contributed by atoms with van der Waals surface area (Å²) in [5.74, 6) is 1.00. The van der Waals surface area contributed by atoms with Gasteiger partial charge in [0, 0.05) is 5.39 Å². The fourth-order valence-corrected chi connectivity index (χ4v) is 2.80. The molecule has 0 aliphatic carbocycles. The molecule has 7 heteroatoms. The van der Waals surface area contributed by atoms with Crippen LogP contribution in [0.5, 0.6) is 23.3 Å². The topological polar surface area (TPSA) is 96.6 Å². The van der Waals surface area contributed by atoms with Gasteiger partial charge in [0.1, 0.15) is 17.8 Å². The Balaban J connectivity index is 1.60. The molecule has 2 N–H and O–H groups in total. The number of anilines is 1. The minimum absolute atomic E-state index is 0.154. The van der Waals surface area contributed by atoms with E-state index in [0.29, 0.717) is 17.1 Å². The number of esters is 1. The van der Waals surface area contributed by atoms with Crippen LogP contribution in [0.3, 0.4) is 0 Å². The molecule has 29 heavy (non-hydrogen) atoms. The fraction of sp³-hybridized carbons (Fsp3) is 0.0455. The number of carbonyl (C=O) groups excluding carboxylic acids is 1. The number of hydrogen-bond donors (Lipinski definition) is 1. The van der Waals surface area contributed by atoms with Gasteiger partial charge in [-0.3, -0.25) is 0 Å². The molecule has 7 nitrogen and oxygen atoms in total. The SMILES string of the molecule is COC(=O)c1ccc(Oc2ncnc(Oc3cccc4ccccc34)c2N)cc1. The average molecular weight is 387 g/mol. The van der Waals surface area contributed by atoms with Gasteiger partial charge in [0.15, 0.2) is 5.69 Å². The van der Waals surface area contributed by atoms with Crippen LogP contribution in [-0.4, -0.2) is 23.0 Å². The molecule has 4 aromatic rings. The van der Waals surface area contributed by atoms with Crippen LogP contribution in [0.2, 0.25) is 0 Å². The van der Waals surface area contributed by atoms with Gasteiger partial charge in [0.05, 0.1) is 12.7 Å². The number of benzene rings is 3. The van der Waals surface area contributed by atoms with Crippen LogP contribution in [0, 0.1) is 0 Å². The van der Waals surface area contributed by atoms with Crippen LogP contribution in [-0.2, 0) is 4.74 Å². The van der Waals surface area contributed by atoms with Crippen LogP contribution in [0.4, 0.5) is 5.69 Å². The summed E-state index contributed by atoms with van der Waals surface area (Å²) >= 11 is 0. The number of fused-ring (bicyclic) bond motifs is 1. The molecule has 0 atom stereocenters. The van der Waals surface area contributed by atoms with E-state index in [4.69, 9.17) is 15.2 Å². The minimum Gasteiger partial charge on any atom is -0.465 e. The second-order valence-electron chi connectivity index (χ2n) is 6.10. The summed E-state index contributed by atoms with van der Waals surface area (Å²) < 4.78 is 16.4. The van der Waals surface area contributed by atoms with E-state index in [1.54, 1.807) is 24.3 Å². The molecule has 0 spiro atoms. The Bertz CT molecular complexity index is 1170. The number of hydrogen-bond acceptors (Lipinski definition) is 7. The summed E-state index contributed by atoms with van der Waals surface area (Å²) in [5, 5.41) is 1.98. The summed E-state index contributed by atoms with van der Waals surface area (Å²) in [6.07, 6.45) is 1.31. The lowest BCUT2D eigenvalue weighted by molar-refractivity contribution is 0.0600. The van der Waals surface area contributed by atoms with Crippen molar-refractivity contribution in [3.05, 3.63) is 78.6 Å². The zero-order chi connectivity index (χ0) is 20.2. The maximum Gasteiger partial charge on any atom is 0.337 e. The Morgan fingerprint density at radius 2 is 1.55 bits per heavy atom. The van der Waals surface area contributed by atoms with Crippen LogP contribution >= 0.6 is 0 Å². The van der Waals surface area contributed by atoms with E-state index in [1.807, 2.05) is 42.5 Å². The van der Waals surface area contributed by atoms with Gasteiger partial charge >= 0.3 is 5.97 Å². The van der Waals surface area contributed by atoms with Gasteiger partial charge in [-0.2, -0.15) is 9.97 Å². The van der Waals surface area contributed by atoms with Gasteiger partial charge < -0.3 is 19.9 Å². The number of methoxy groups -OCH3 is 1. The maximum absolute atomic E-state index is 11.5. The summed E-state index contributed by atoms with van der Waals surface area (Å²) in [4.78, 5) is 19.7. The molecule has 0 bridgehead atoms. The number of nitrogen functional groups attached to an aromatic ring is 1. The van der Waals surface area contributed by atoms with Crippen LogP contribution in [0.15, 0.2) is 73.1 Å². The predicted octanol–water partition coefficient (Wildman–Crippen LogP) is 4.58. The van der Waals surface area contributed by atoms with Crippen LogP contribution in [0.1, 0.15) is 10.4 Å². The molecule has 1 heterocycles. The first-order valence-corrected chi connectivity index (χ1v) is 8.78. The van der Waals surface area contributed by atoms with Gasteiger partial charge in [-0.15, -0.1) is 0 Å². The van der Waals surface area contributed by atoms with Gasteiger partial charge in [0.2, 0.25) is 11.8 Å². The smallest absolute Gasteiger partial charge is 0.337 e. The van der Waals surface area contributed by atoms with E-state index in [9.17, 15) is 4.79 Å². The number of rotatable bonds is 5. The van der Waals surface area contributed by atoms with E-state index >= 15 is 0 Å². The number of carbonyl (C=O) groups is 1. The number of nitrogens with zero attached hydrogens (tertiary/aromatic N) is 2. The molecule has 0 saturated heterocycles.